The maximum atomic E-state index is 13.6. The minimum atomic E-state index is -0.469. The first-order chi connectivity index (χ1) is 9.22. The number of hydrogen-bond donors (Lipinski definition) is 1. The fourth-order valence-corrected chi connectivity index (χ4v) is 2.34. The van der Waals surface area contributed by atoms with Gasteiger partial charge in [0.1, 0.15) is 5.82 Å². The Morgan fingerprint density at radius 1 is 1.21 bits per heavy atom. The van der Waals surface area contributed by atoms with Gasteiger partial charge in [0.25, 0.3) is 5.91 Å². The van der Waals surface area contributed by atoms with Crippen molar-refractivity contribution in [2.45, 2.75) is 6.42 Å². The van der Waals surface area contributed by atoms with E-state index in [2.05, 4.69) is 4.90 Å². The van der Waals surface area contributed by atoms with E-state index in [1.807, 2.05) is 0 Å². The lowest BCUT2D eigenvalue weighted by Gasteiger charge is -2.21. The number of aliphatic hydroxyl groups excluding tert-OH is 1. The van der Waals surface area contributed by atoms with Crippen LogP contribution >= 0.6 is 0 Å². The zero-order chi connectivity index (χ0) is 13.7. The third-order valence-electron chi connectivity index (χ3n) is 3.40. The van der Waals surface area contributed by atoms with Crippen molar-refractivity contribution in [3.8, 4) is 0 Å². The average Bonchev–Trinajstić information content (AvgIpc) is 2.65. The molecule has 0 saturated carbocycles. The lowest BCUT2D eigenvalue weighted by atomic mass is 10.2. The molecule has 1 aliphatic heterocycles. The van der Waals surface area contributed by atoms with Crippen molar-refractivity contribution in [3.05, 3.63) is 35.6 Å². The smallest absolute Gasteiger partial charge is 0.256 e. The molecule has 19 heavy (non-hydrogen) atoms. The summed E-state index contributed by atoms with van der Waals surface area (Å²) in [6, 6.07) is 6.08. The SMILES string of the molecule is O=C(c1ccccc1F)N1CCCN(CCO)CC1. The Labute approximate surface area is 112 Å². The van der Waals surface area contributed by atoms with Crippen LogP contribution in [0, 0.1) is 5.82 Å². The molecular formula is C14H19FN2O2. The average molecular weight is 266 g/mol. The lowest BCUT2D eigenvalue weighted by Crippen LogP contribution is -2.36. The molecule has 1 aromatic rings. The molecule has 0 unspecified atom stereocenters. The molecule has 2 rings (SSSR count). The van der Waals surface area contributed by atoms with Gasteiger partial charge >= 0.3 is 0 Å². The Morgan fingerprint density at radius 2 is 2.00 bits per heavy atom. The van der Waals surface area contributed by atoms with Gasteiger partial charge in [-0.3, -0.25) is 9.69 Å². The van der Waals surface area contributed by atoms with Gasteiger partial charge in [0.05, 0.1) is 12.2 Å². The molecule has 0 aromatic heterocycles. The Hall–Kier alpha value is -1.46. The van der Waals surface area contributed by atoms with Gasteiger partial charge in [-0.1, -0.05) is 12.1 Å². The summed E-state index contributed by atoms with van der Waals surface area (Å²) < 4.78 is 13.6. The van der Waals surface area contributed by atoms with E-state index in [4.69, 9.17) is 5.11 Å². The standard InChI is InChI=1S/C14H19FN2O2/c15-13-5-2-1-4-12(13)14(19)17-7-3-6-16(8-9-17)10-11-18/h1-2,4-5,18H,3,6-11H2. The molecule has 104 valence electrons. The van der Waals surface area contributed by atoms with Crippen molar-refractivity contribution in [1.29, 1.82) is 0 Å². The normalized spacial score (nSPS) is 17.3. The van der Waals surface area contributed by atoms with Gasteiger partial charge in [-0.2, -0.15) is 0 Å². The molecule has 0 aliphatic carbocycles. The molecule has 0 spiro atoms. The summed E-state index contributed by atoms with van der Waals surface area (Å²) in [6.45, 7) is 3.55. The molecule has 1 N–H and O–H groups in total. The summed E-state index contributed by atoms with van der Waals surface area (Å²) in [5, 5.41) is 8.93. The first-order valence-electron chi connectivity index (χ1n) is 6.59. The Bertz CT molecular complexity index is 439. The maximum Gasteiger partial charge on any atom is 0.256 e. The van der Waals surface area contributed by atoms with Crippen LogP contribution in [0.1, 0.15) is 16.8 Å². The minimum Gasteiger partial charge on any atom is -0.395 e. The molecule has 1 aromatic carbocycles. The van der Waals surface area contributed by atoms with Crippen molar-refractivity contribution in [1.82, 2.24) is 9.80 Å². The highest BCUT2D eigenvalue weighted by molar-refractivity contribution is 5.94. The topological polar surface area (TPSA) is 43.8 Å². The van der Waals surface area contributed by atoms with E-state index < -0.39 is 5.82 Å². The second-order valence-corrected chi connectivity index (χ2v) is 4.69. The quantitative estimate of drug-likeness (QED) is 0.886. The van der Waals surface area contributed by atoms with Gasteiger partial charge < -0.3 is 10.0 Å². The van der Waals surface area contributed by atoms with Crippen LogP contribution in [0.3, 0.4) is 0 Å². The molecule has 4 nitrogen and oxygen atoms in total. The van der Waals surface area contributed by atoms with E-state index in [1.54, 1.807) is 17.0 Å². The molecule has 1 heterocycles. The van der Waals surface area contributed by atoms with E-state index in [0.717, 1.165) is 19.5 Å². The molecule has 1 aliphatic rings. The number of hydrogen-bond acceptors (Lipinski definition) is 3. The molecular weight excluding hydrogens is 247 g/mol. The van der Waals surface area contributed by atoms with E-state index >= 15 is 0 Å². The maximum absolute atomic E-state index is 13.6. The number of rotatable bonds is 3. The lowest BCUT2D eigenvalue weighted by molar-refractivity contribution is 0.0756. The summed E-state index contributed by atoms with van der Waals surface area (Å²) >= 11 is 0. The van der Waals surface area contributed by atoms with Crippen molar-refractivity contribution in [2.24, 2.45) is 0 Å². The number of nitrogens with zero attached hydrogens (tertiary/aromatic N) is 2. The van der Waals surface area contributed by atoms with Gasteiger partial charge in [0, 0.05) is 26.2 Å². The highest BCUT2D eigenvalue weighted by Crippen LogP contribution is 2.12. The number of carbonyl (C=O) groups is 1. The van der Waals surface area contributed by atoms with Crippen LogP contribution in [0.2, 0.25) is 0 Å². The van der Waals surface area contributed by atoms with Crippen LogP contribution < -0.4 is 0 Å². The zero-order valence-corrected chi connectivity index (χ0v) is 10.9. The largest absolute Gasteiger partial charge is 0.395 e. The Morgan fingerprint density at radius 3 is 2.74 bits per heavy atom. The van der Waals surface area contributed by atoms with Crippen LogP contribution in [0.4, 0.5) is 4.39 Å². The van der Waals surface area contributed by atoms with Crippen molar-refractivity contribution in [3.63, 3.8) is 0 Å². The number of aliphatic hydroxyl groups is 1. The molecule has 0 atom stereocenters. The van der Waals surface area contributed by atoms with Crippen molar-refractivity contribution >= 4 is 5.91 Å². The fourth-order valence-electron chi connectivity index (χ4n) is 2.34. The number of β-amino-alcohol motifs (C(OH)–C–C–N with tert-alkyl or cyclic N) is 1. The summed E-state index contributed by atoms with van der Waals surface area (Å²) in [4.78, 5) is 16.1. The number of carbonyl (C=O) groups excluding carboxylic acids is 1. The second kappa shape index (κ2) is 6.63. The number of benzene rings is 1. The summed E-state index contributed by atoms with van der Waals surface area (Å²) in [7, 11) is 0. The number of amides is 1. The Balaban J connectivity index is 2.02. The van der Waals surface area contributed by atoms with Crippen molar-refractivity contribution < 1.29 is 14.3 Å². The van der Waals surface area contributed by atoms with E-state index in [1.165, 1.54) is 12.1 Å². The predicted octanol–water partition coefficient (Wildman–Crippen LogP) is 0.966. The molecule has 1 saturated heterocycles. The monoisotopic (exact) mass is 266 g/mol. The zero-order valence-electron chi connectivity index (χ0n) is 10.9. The Kier molecular flexibility index (Phi) is 4.87. The number of halogens is 1. The highest BCUT2D eigenvalue weighted by atomic mass is 19.1. The first-order valence-corrected chi connectivity index (χ1v) is 6.59. The van der Waals surface area contributed by atoms with E-state index in [9.17, 15) is 9.18 Å². The van der Waals surface area contributed by atoms with E-state index in [-0.39, 0.29) is 18.1 Å². The molecule has 0 bridgehead atoms. The van der Waals surface area contributed by atoms with Gasteiger partial charge in [0.2, 0.25) is 0 Å². The van der Waals surface area contributed by atoms with Crippen LogP contribution in [0.15, 0.2) is 24.3 Å². The van der Waals surface area contributed by atoms with Gasteiger partial charge in [-0.05, 0) is 25.1 Å². The molecule has 0 radical (unpaired) electrons. The third kappa shape index (κ3) is 3.52. The van der Waals surface area contributed by atoms with Crippen LogP contribution in [-0.4, -0.2) is 60.1 Å². The first kappa shape index (κ1) is 14.0. The highest BCUT2D eigenvalue weighted by Gasteiger charge is 2.21. The van der Waals surface area contributed by atoms with Gasteiger partial charge in [0.15, 0.2) is 0 Å². The fraction of sp³-hybridized carbons (Fsp3) is 0.500. The molecule has 1 amide bonds. The van der Waals surface area contributed by atoms with E-state index in [0.29, 0.717) is 19.6 Å². The summed E-state index contributed by atoms with van der Waals surface area (Å²) in [5.74, 6) is -0.715. The van der Waals surface area contributed by atoms with Crippen molar-refractivity contribution in [2.75, 3.05) is 39.3 Å². The second-order valence-electron chi connectivity index (χ2n) is 4.69. The minimum absolute atomic E-state index is 0.126. The van der Waals surface area contributed by atoms with Crippen LogP contribution in [-0.2, 0) is 0 Å². The van der Waals surface area contributed by atoms with Gasteiger partial charge in [-0.15, -0.1) is 0 Å². The predicted molar refractivity (Wildman–Crippen MR) is 70.4 cm³/mol. The van der Waals surface area contributed by atoms with Crippen LogP contribution in [0.5, 0.6) is 0 Å². The van der Waals surface area contributed by atoms with Crippen LogP contribution in [0.25, 0.3) is 0 Å². The molecule has 5 heteroatoms. The summed E-state index contributed by atoms with van der Waals surface area (Å²) in [6.07, 6.45) is 0.847. The van der Waals surface area contributed by atoms with Gasteiger partial charge in [-0.25, -0.2) is 4.39 Å². The third-order valence-corrected chi connectivity index (χ3v) is 3.40. The molecule has 1 fully saturated rings. The summed E-state index contributed by atoms with van der Waals surface area (Å²) in [5.41, 5.74) is 0.137.